The first-order chi connectivity index (χ1) is 4.34. The molecule has 1 N–H and O–H groups in total. The lowest BCUT2D eigenvalue weighted by atomic mass is 10.7. The summed E-state index contributed by atoms with van der Waals surface area (Å²) in [5.41, 5.74) is 0. The Morgan fingerprint density at radius 3 is 1.90 bits per heavy atom. The van der Waals surface area contributed by atoms with Crippen LogP contribution in [0.1, 0.15) is 0 Å². The number of halogens is 3. The van der Waals surface area contributed by atoms with E-state index in [1.165, 1.54) is 14.1 Å². The molecule has 0 saturated heterocycles. The molecule has 0 bridgehead atoms. The third-order valence-corrected chi connectivity index (χ3v) is 0.531. The third kappa shape index (κ3) is 3.29. The number of alkyl halides is 3. The maximum Gasteiger partial charge on any atom is 0.470 e. The van der Waals surface area contributed by atoms with Crippen LogP contribution in [0.2, 0.25) is 0 Å². The summed E-state index contributed by atoms with van der Waals surface area (Å²) in [6, 6.07) is 0. The van der Waals surface area contributed by atoms with E-state index in [2.05, 4.69) is 4.84 Å². The Morgan fingerprint density at radius 1 is 1.40 bits per heavy atom. The van der Waals surface area contributed by atoms with E-state index in [-0.39, 0.29) is 0 Å². The van der Waals surface area contributed by atoms with Gasteiger partial charge in [0.05, 0.1) is 0 Å². The fraction of sp³-hybridized carbons (Fsp3) is 0.750. The third-order valence-electron chi connectivity index (χ3n) is 0.531. The van der Waals surface area contributed by atoms with Gasteiger partial charge in [0.25, 0.3) is 0 Å². The van der Waals surface area contributed by atoms with E-state index in [0.717, 1.165) is 5.06 Å². The lowest BCUT2D eigenvalue weighted by Crippen LogP contribution is -2.30. The van der Waals surface area contributed by atoms with Gasteiger partial charge in [-0.05, 0) is 0 Å². The standard InChI is InChI=1S/C4H7F3N2O/c1-9(2)10-3(8)4(5,6)7/h8H,1-2H3. The topological polar surface area (TPSA) is 36.3 Å². The van der Waals surface area contributed by atoms with Crippen LogP contribution in [0.5, 0.6) is 0 Å². The first-order valence-electron chi connectivity index (χ1n) is 2.35. The number of hydrogen-bond donors (Lipinski definition) is 1. The predicted molar refractivity (Wildman–Crippen MR) is 28.6 cm³/mol. The van der Waals surface area contributed by atoms with Gasteiger partial charge < -0.3 is 4.84 Å². The van der Waals surface area contributed by atoms with Crippen LogP contribution < -0.4 is 0 Å². The first-order valence-corrected chi connectivity index (χ1v) is 2.35. The fourth-order valence-electron chi connectivity index (χ4n) is 0.234. The zero-order valence-corrected chi connectivity index (χ0v) is 5.49. The number of nitrogens with zero attached hydrogens (tertiary/aromatic N) is 1. The molecule has 0 fully saturated rings. The highest BCUT2D eigenvalue weighted by atomic mass is 19.4. The molecule has 0 saturated carbocycles. The first kappa shape index (κ1) is 9.22. The van der Waals surface area contributed by atoms with Crippen LogP contribution in [0.15, 0.2) is 0 Å². The molecule has 0 amide bonds. The van der Waals surface area contributed by atoms with Crippen molar-refractivity contribution in [2.75, 3.05) is 14.1 Å². The second kappa shape index (κ2) is 2.87. The van der Waals surface area contributed by atoms with Gasteiger partial charge in [0.1, 0.15) is 0 Å². The molecule has 0 aliphatic carbocycles. The minimum Gasteiger partial charge on any atom is -0.381 e. The summed E-state index contributed by atoms with van der Waals surface area (Å²) in [6.45, 7) is 0. The van der Waals surface area contributed by atoms with Crippen molar-refractivity contribution in [3.05, 3.63) is 0 Å². The molecule has 60 valence electrons. The number of hydroxylamine groups is 2. The second-order valence-corrected chi connectivity index (χ2v) is 1.73. The van der Waals surface area contributed by atoms with Gasteiger partial charge in [0.2, 0.25) is 0 Å². The molecule has 0 aliphatic rings. The van der Waals surface area contributed by atoms with E-state index < -0.39 is 12.1 Å². The van der Waals surface area contributed by atoms with Crippen molar-refractivity contribution in [2.45, 2.75) is 6.18 Å². The van der Waals surface area contributed by atoms with Gasteiger partial charge in [0.15, 0.2) is 0 Å². The van der Waals surface area contributed by atoms with Gasteiger partial charge in [-0.3, -0.25) is 5.41 Å². The average Bonchev–Trinajstić information content (AvgIpc) is 1.60. The van der Waals surface area contributed by atoms with Crippen LogP contribution in [0.25, 0.3) is 0 Å². The molecular weight excluding hydrogens is 149 g/mol. The normalized spacial score (nSPS) is 11.8. The molecule has 0 aromatic heterocycles. The molecule has 0 heterocycles. The van der Waals surface area contributed by atoms with Crippen LogP contribution in [0.4, 0.5) is 13.2 Å². The van der Waals surface area contributed by atoms with Crippen LogP contribution >= 0.6 is 0 Å². The Kier molecular flexibility index (Phi) is 2.65. The van der Waals surface area contributed by atoms with Gasteiger partial charge in [-0.15, -0.1) is 5.06 Å². The highest BCUT2D eigenvalue weighted by Gasteiger charge is 2.37. The van der Waals surface area contributed by atoms with Gasteiger partial charge in [-0.2, -0.15) is 13.2 Å². The lowest BCUT2D eigenvalue weighted by Gasteiger charge is -2.13. The van der Waals surface area contributed by atoms with Crippen LogP contribution in [-0.4, -0.2) is 31.2 Å². The fourth-order valence-corrected chi connectivity index (χ4v) is 0.234. The summed E-state index contributed by atoms with van der Waals surface area (Å²) in [5.74, 6) is -1.71. The zero-order valence-electron chi connectivity index (χ0n) is 5.49. The molecule has 6 heteroatoms. The van der Waals surface area contributed by atoms with Crippen molar-refractivity contribution >= 4 is 5.90 Å². The van der Waals surface area contributed by atoms with Crippen LogP contribution in [0, 0.1) is 5.41 Å². The molecule has 0 radical (unpaired) electrons. The van der Waals surface area contributed by atoms with Crippen molar-refractivity contribution in [3.63, 3.8) is 0 Å². The maximum atomic E-state index is 11.4. The quantitative estimate of drug-likeness (QED) is 0.349. The summed E-state index contributed by atoms with van der Waals surface area (Å²) >= 11 is 0. The van der Waals surface area contributed by atoms with Gasteiger partial charge in [0, 0.05) is 14.1 Å². The van der Waals surface area contributed by atoms with E-state index in [9.17, 15) is 13.2 Å². The minimum atomic E-state index is -4.69. The lowest BCUT2D eigenvalue weighted by molar-refractivity contribution is -0.119. The maximum absolute atomic E-state index is 11.4. The van der Waals surface area contributed by atoms with E-state index in [4.69, 9.17) is 5.41 Å². The molecule has 0 atom stereocenters. The van der Waals surface area contributed by atoms with Crippen LogP contribution in [0.3, 0.4) is 0 Å². The van der Waals surface area contributed by atoms with E-state index in [0.29, 0.717) is 0 Å². The molecule has 0 spiro atoms. The van der Waals surface area contributed by atoms with Gasteiger partial charge >= 0.3 is 12.1 Å². The SMILES string of the molecule is CN(C)OC(=N)C(F)(F)F. The Hall–Kier alpha value is -0.780. The van der Waals surface area contributed by atoms with Gasteiger partial charge in [-0.1, -0.05) is 0 Å². The number of nitrogens with one attached hydrogen (secondary N) is 1. The number of rotatable bonds is 1. The Bertz CT molecular complexity index is 131. The summed E-state index contributed by atoms with van der Waals surface area (Å²) in [5, 5.41) is 7.08. The van der Waals surface area contributed by atoms with E-state index >= 15 is 0 Å². The molecule has 0 aromatic rings. The van der Waals surface area contributed by atoms with Crippen molar-refractivity contribution in [1.82, 2.24) is 5.06 Å². The smallest absolute Gasteiger partial charge is 0.381 e. The van der Waals surface area contributed by atoms with Crippen molar-refractivity contribution in [1.29, 1.82) is 5.41 Å². The summed E-state index contributed by atoms with van der Waals surface area (Å²) in [7, 11) is 2.53. The Labute approximate surface area is 55.8 Å². The van der Waals surface area contributed by atoms with Crippen molar-refractivity contribution in [3.8, 4) is 0 Å². The molecule has 3 nitrogen and oxygen atoms in total. The highest BCUT2D eigenvalue weighted by Crippen LogP contribution is 2.16. The number of hydrogen-bond acceptors (Lipinski definition) is 3. The van der Waals surface area contributed by atoms with Gasteiger partial charge in [-0.25, -0.2) is 0 Å². The summed E-state index contributed by atoms with van der Waals surface area (Å²) in [6.07, 6.45) is -4.69. The average molecular weight is 156 g/mol. The van der Waals surface area contributed by atoms with E-state index in [1.807, 2.05) is 0 Å². The molecule has 0 rings (SSSR count). The Balaban J connectivity index is 3.87. The Morgan fingerprint density at radius 2 is 1.80 bits per heavy atom. The van der Waals surface area contributed by atoms with Crippen molar-refractivity contribution in [2.24, 2.45) is 0 Å². The molecule has 10 heavy (non-hydrogen) atoms. The zero-order chi connectivity index (χ0) is 8.36. The molecular formula is C4H7F3N2O. The molecule has 0 aromatic carbocycles. The highest BCUT2D eigenvalue weighted by molar-refractivity contribution is 5.78. The molecule has 0 unspecified atom stereocenters. The van der Waals surface area contributed by atoms with Crippen molar-refractivity contribution < 1.29 is 18.0 Å². The monoisotopic (exact) mass is 156 g/mol. The second-order valence-electron chi connectivity index (χ2n) is 1.73. The van der Waals surface area contributed by atoms with E-state index in [1.54, 1.807) is 0 Å². The minimum absolute atomic E-state index is 0.801. The summed E-state index contributed by atoms with van der Waals surface area (Å²) in [4.78, 5) is 3.91. The largest absolute Gasteiger partial charge is 0.470 e. The van der Waals surface area contributed by atoms with Crippen LogP contribution in [-0.2, 0) is 4.84 Å². The predicted octanol–water partition coefficient (Wildman–Crippen LogP) is 1.02. The molecule has 0 aliphatic heterocycles. The summed E-state index contributed by atoms with van der Waals surface area (Å²) < 4.78 is 34.3.